The van der Waals surface area contributed by atoms with E-state index in [2.05, 4.69) is 15.8 Å². The summed E-state index contributed by atoms with van der Waals surface area (Å²) in [6, 6.07) is 15.9. The maximum absolute atomic E-state index is 12.8. The van der Waals surface area contributed by atoms with E-state index in [1.165, 1.54) is 0 Å². The van der Waals surface area contributed by atoms with Crippen LogP contribution in [0.5, 0.6) is 0 Å². The number of fused-ring (bicyclic) bond motifs is 2. The summed E-state index contributed by atoms with van der Waals surface area (Å²) in [5.74, 6) is -1.65. The number of hydrogen-bond donors (Lipinski definition) is 2. The van der Waals surface area contributed by atoms with Gasteiger partial charge in [-0.25, -0.2) is 4.79 Å². The highest BCUT2D eigenvalue weighted by molar-refractivity contribution is 6.05. The first-order chi connectivity index (χ1) is 14.1. The fraction of sp³-hybridized carbons (Fsp3) is 0.182. The number of rotatable bonds is 4. The van der Waals surface area contributed by atoms with Crippen LogP contribution in [0, 0.1) is 0 Å². The predicted octanol–water partition coefficient (Wildman–Crippen LogP) is 2.34. The maximum atomic E-state index is 12.8. The van der Waals surface area contributed by atoms with Gasteiger partial charge in [0.05, 0.1) is 11.1 Å². The molecule has 1 aromatic heterocycles. The molecular formula is C22H19N3O4. The van der Waals surface area contributed by atoms with Gasteiger partial charge in [0, 0.05) is 16.6 Å². The van der Waals surface area contributed by atoms with E-state index >= 15 is 0 Å². The minimum absolute atomic E-state index is 0.406. The Kier molecular flexibility index (Phi) is 5.20. The second-order valence-corrected chi connectivity index (χ2v) is 6.73. The number of pyridine rings is 1. The molecule has 0 unspecified atom stereocenters. The summed E-state index contributed by atoms with van der Waals surface area (Å²) in [5.41, 5.74) is 7.97. The second kappa shape index (κ2) is 8.10. The number of amides is 2. The largest absolute Gasteiger partial charge is 0.452 e. The molecule has 1 aliphatic carbocycles. The molecule has 0 fully saturated rings. The molecule has 0 radical (unpaired) electrons. The average Bonchev–Trinajstić information content (AvgIpc) is 3.22. The number of carbonyl (C=O) groups is 3. The van der Waals surface area contributed by atoms with Gasteiger partial charge >= 0.3 is 5.97 Å². The zero-order valence-corrected chi connectivity index (χ0v) is 15.6. The Morgan fingerprint density at radius 2 is 1.69 bits per heavy atom. The SMILES string of the molecule is O=C(COC(=O)c1c2c(nc3ccccc13)CCC2)NNC(=O)c1ccccc1. The molecule has 1 heterocycles. The molecule has 146 valence electrons. The number of ether oxygens (including phenoxy) is 1. The van der Waals surface area contributed by atoms with Crippen molar-refractivity contribution in [2.45, 2.75) is 19.3 Å². The van der Waals surface area contributed by atoms with Crippen molar-refractivity contribution in [2.24, 2.45) is 0 Å². The van der Waals surface area contributed by atoms with E-state index in [1.54, 1.807) is 30.3 Å². The lowest BCUT2D eigenvalue weighted by Crippen LogP contribution is -2.43. The van der Waals surface area contributed by atoms with Gasteiger partial charge in [-0.1, -0.05) is 36.4 Å². The van der Waals surface area contributed by atoms with Crippen molar-refractivity contribution in [1.82, 2.24) is 15.8 Å². The van der Waals surface area contributed by atoms with Crippen LogP contribution in [0.2, 0.25) is 0 Å². The quantitative estimate of drug-likeness (QED) is 0.527. The number of hydrazine groups is 1. The molecule has 0 atom stereocenters. The van der Waals surface area contributed by atoms with Gasteiger partial charge in [-0.3, -0.25) is 25.4 Å². The highest BCUT2D eigenvalue weighted by atomic mass is 16.5. The van der Waals surface area contributed by atoms with E-state index < -0.39 is 24.4 Å². The molecule has 0 aliphatic heterocycles. The first-order valence-electron chi connectivity index (χ1n) is 9.35. The first-order valence-corrected chi connectivity index (χ1v) is 9.35. The Morgan fingerprint density at radius 1 is 0.931 bits per heavy atom. The third-order valence-electron chi connectivity index (χ3n) is 4.81. The number of hydrogen-bond acceptors (Lipinski definition) is 5. The molecule has 2 aromatic carbocycles. The van der Waals surface area contributed by atoms with Crippen LogP contribution in [0.15, 0.2) is 54.6 Å². The molecule has 7 nitrogen and oxygen atoms in total. The highest BCUT2D eigenvalue weighted by Gasteiger charge is 2.25. The van der Waals surface area contributed by atoms with Gasteiger partial charge in [0.1, 0.15) is 0 Å². The van der Waals surface area contributed by atoms with Gasteiger partial charge in [-0.15, -0.1) is 0 Å². The normalized spacial score (nSPS) is 12.3. The number of aromatic nitrogens is 1. The fourth-order valence-corrected chi connectivity index (χ4v) is 3.47. The summed E-state index contributed by atoms with van der Waals surface area (Å²) < 4.78 is 5.23. The number of nitrogens with zero attached hydrogens (tertiary/aromatic N) is 1. The second-order valence-electron chi connectivity index (χ2n) is 6.73. The van der Waals surface area contributed by atoms with Crippen molar-refractivity contribution in [3.63, 3.8) is 0 Å². The minimum atomic E-state index is -0.627. The molecule has 2 N–H and O–H groups in total. The molecule has 0 saturated carbocycles. The monoisotopic (exact) mass is 389 g/mol. The van der Waals surface area contributed by atoms with Crippen LogP contribution >= 0.6 is 0 Å². The van der Waals surface area contributed by atoms with Gasteiger partial charge in [-0.05, 0) is 43.0 Å². The Hall–Kier alpha value is -3.74. The number of nitrogens with one attached hydrogen (secondary N) is 2. The van der Waals surface area contributed by atoms with Crippen LogP contribution in [-0.2, 0) is 22.4 Å². The van der Waals surface area contributed by atoms with Crippen molar-refractivity contribution >= 4 is 28.7 Å². The van der Waals surface area contributed by atoms with Crippen molar-refractivity contribution in [3.8, 4) is 0 Å². The summed E-state index contributed by atoms with van der Waals surface area (Å²) in [5, 5.41) is 0.718. The number of benzene rings is 2. The van der Waals surface area contributed by atoms with E-state index in [4.69, 9.17) is 4.74 Å². The van der Waals surface area contributed by atoms with Gasteiger partial charge in [0.25, 0.3) is 11.8 Å². The number of aryl methyl sites for hydroxylation is 1. The molecule has 0 saturated heterocycles. The van der Waals surface area contributed by atoms with E-state index in [0.717, 1.165) is 41.4 Å². The molecule has 0 bridgehead atoms. The van der Waals surface area contributed by atoms with Crippen molar-refractivity contribution < 1.29 is 19.1 Å². The molecular weight excluding hydrogens is 370 g/mol. The number of carbonyl (C=O) groups excluding carboxylic acids is 3. The van der Waals surface area contributed by atoms with E-state index in [-0.39, 0.29) is 0 Å². The Morgan fingerprint density at radius 3 is 2.52 bits per heavy atom. The Bertz CT molecular complexity index is 1100. The zero-order chi connectivity index (χ0) is 20.2. The highest BCUT2D eigenvalue weighted by Crippen LogP contribution is 2.30. The van der Waals surface area contributed by atoms with Gasteiger partial charge in [0.2, 0.25) is 0 Å². The molecule has 2 amide bonds. The van der Waals surface area contributed by atoms with Crippen LogP contribution in [0.1, 0.15) is 38.4 Å². The lowest BCUT2D eigenvalue weighted by Gasteiger charge is -2.12. The molecule has 4 rings (SSSR count). The summed E-state index contributed by atoms with van der Waals surface area (Å²) in [7, 11) is 0. The molecule has 7 heteroatoms. The van der Waals surface area contributed by atoms with Crippen molar-refractivity contribution in [2.75, 3.05) is 6.61 Å². The van der Waals surface area contributed by atoms with Crippen molar-refractivity contribution in [1.29, 1.82) is 0 Å². The van der Waals surface area contributed by atoms with Crippen LogP contribution < -0.4 is 10.9 Å². The van der Waals surface area contributed by atoms with Crippen LogP contribution in [0.25, 0.3) is 10.9 Å². The predicted molar refractivity (Wildman–Crippen MR) is 106 cm³/mol. The first kappa shape index (κ1) is 18.6. The van der Waals surface area contributed by atoms with E-state index in [0.29, 0.717) is 11.1 Å². The smallest absolute Gasteiger partial charge is 0.339 e. The summed E-state index contributed by atoms with van der Waals surface area (Å²) in [6.45, 7) is -0.501. The van der Waals surface area contributed by atoms with Crippen LogP contribution in [0.4, 0.5) is 0 Å². The third-order valence-corrected chi connectivity index (χ3v) is 4.81. The summed E-state index contributed by atoms with van der Waals surface area (Å²) >= 11 is 0. The number of para-hydroxylation sites is 1. The zero-order valence-electron chi connectivity index (χ0n) is 15.6. The Balaban J connectivity index is 1.41. The summed E-state index contributed by atoms with van der Waals surface area (Å²) in [4.78, 5) is 41.3. The van der Waals surface area contributed by atoms with E-state index in [9.17, 15) is 14.4 Å². The molecule has 1 aliphatic rings. The molecule has 3 aromatic rings. The van der Waals surface area contributed by atoms with Gasteiger partial charge < -0.3 is 4.74 Å². The molecule has 0 spiro atoms. The standard InChI is InChI=1S/C22H19N3O4/c26-19(24-25-21(27)14-7-2-1-3-8-14)13-29-22(28)20-15-9-4-5-11-17(15)23-18-12-6-10-16(18)20/h1-5,7-9,11H,6,10,12-13H2,(H,24,26)(H,25,27). The number of esters is 1. The topological polar surface area (TPSA) is 97.4 Å². The minimum Gasteiger partial charge on any atom is -0.452 e. The van der Waals surface area contributed by atoms with Crippen LogP contribution in [-0.4, -0.2) is 29.4 Å². The average molecular weight is 389 g/mol. The van der Waals surface area contributed by atoms with Crippen LogP contribution in [0.3, 0.4) is 0 Å². The van der Waals surface area contributed by atoms with Gasteiger partial charge in [0.15, 0.2) is 6.61 Å². The fourth-order valence-electron chi connectivity index (χ4n) is 3.47. The lowest BCUT2D eigenvalue weighted by atomic mass is 10.0. The molecule has 29 heavy (non-hydrogen) atoms. The lowest BCUT2D eigenvalue weighted by molar-refractivity contribution is -0.125. The maximum Gasteiger partial charge on any atom is 0.339 e. The van der Waals surface area contributed by atoms with Gasteiger partial charge in [-0.2, -0.15) is 0 Å². The third kappa shape index (κ3) is 3.94. The summed E-state index contributed by atoms with van der Waals surface area (Å²) in [6.07, 6.45) is 2.52. The van der Waals surface area contributed by atoms with E-state index in [1.807, 2.05) is 24.3 Å². The Labute approximate surface area is 167 Å². The van der Waals surface area contributed by atoms with Crippen molar-refractivity contribution in [3.05, 3.63) is 77.0 Å².